The van der Waals surface area contributed by atoms with Gasteiger partial charge >= 0.3 is 0 Å². The van der Waals surface area contributed by atoms with Gasteiger partial charge in [-0.15, -0.1) is 11.6 Å². The monoisotopic (exact) mass is 259 g/mol. The number of alkyl halides is 1. The van der Waals surface area contributed by atoms with Crippen molar-refractivity contribution in [2.45, 2.75) is 5.88 Å². The van der Waals surface area contributed by atoms with Crippen LogP contribution in [-0.4, -0.2) is 17.1 Å². The third kappa shape index (κ3) is 2.41. The van der Waals surface area contributed by atoms with E-state index in [1.54, 1.807) is 31.6 Å². The second-order valence-electron chi connectivity index (χ2n) is 3.58. The molecule has 5 heteroatoms. The second-order valence-corrected chi connectivity index (χ2v) is 3.84. The zero-order valence-corrected chi connectivity index (χ0v) is 10.5. The average molecular weight is 260 g/mol. The van der Waals surface area contributed by atoms with E-state index in [0.29, 0.717) is 17.5 Å². The summed E-state index contributed by atoms with van der Waals surface area (Å²) in [6.45, 7) is 0. The van der Waals surface area contributed by atoms with Crippen LogP contribution in [0.15, 0.2) is 30.6 Å². The van der Waals surface area contributed by atoms with Crippen LogP contribution in [0.4, 0.5) is 0 Å². The minimum atomic E-state index is 0.353. The Balaban J connectivity index is 2.57. The lowest BCUT2D eigenvalue weighted by Gasteiger charge is -2.08. The van der Waals surface area contributed by atoms with Crippen molar-refractivity contribution >= 4 is 11.6 Å². The third-order valence-electron chi connectivity index (χ3n) is 2.44. The van der Waals surface area contributed by atoms with E-state index in [2.05, 4.69) is 9.97 Å². The van der Waals surface area contributed by atoms with Crippen LogP contribution in [0.2, 0.25) is 0 Å². The van der Waals surface area contributed by atoms with Crippen LogP contribution in [0, 0.1) is 11.3 Å². The van der Waals surface area contributed by atoms with E-state index in [1.807, 2.05) is 12.1 Å². The van der Waals surface area contributed by atoms with Gasteiger partial charge in [-0.1, -0.05) is 0 Å². The molecule has 0 N–H and O–H groups in total. The first-order valence-electron chi connectivity index (χ1n) is 5.24. The molecule has 0 spiro atoms. The van der Waals surface area contributed by atoms with Crippen molar-refractivity contribution in [1.82, 2.24) is 9.97 Å². The van der Waals surface area contributed by atoms with Crippen LogP contribution in [0.1, 0.15) is 11.3 Å². The molecule has 0 amide bonds. The summed E-state index contributed by atoms with van der Waals surface area (Å²) in [5, 5.41) is 8.86. The van der Waals surface area contributed by atoms with Gasteiger partial charge in [-0.05, 0) is 29.3 Å². The Bertz CT molecular complexity index is 607. The van der Waals surface area contributed by atoms with Crippen LogP contribution in [0.5, 0.6) is 5.88 Å². The summed E-state index contributed by atoms with van der Waals surface area (Å²) >= 11 is 5.79. The number of aromatic nitrogens is 2. The van der Waals surface area contributed by atoms with Crippen LogP contribution < -0.4 is 4.74 Å². The molecule has 0 radical (unpaired) electrons. The van der Waals surface area contributed by atoms with Crippen molar-refractivity contribution in [1.29, 1.82) is 5.26 Å². The summed E-state index contributed by atoms with van der Waals surface area (Å²) < 4.78 is 5.22. The fourth-order valence-corrected chi connectivity index (χ4v) is 1.74. The Morgan fingerprint density at radius 1 is 1.39 bits per heavy atom. The average Bonchev–Trinajstić information content (AvgIpc) is 2.46. The Hall–Kier alpha value is -2.12. The fraction of sp³-hybridized carbons (Fsp3) is 0.154. The number of nitrogens with zero attached hydrogens (tertiary/aromatic N) is 3. The maximum Gasteiger partial charge on any atom is 0.221 e. The summed E-state index contributed by atoms with van der Waals surface area (Å²) in [5.74, 6) is 0.874. The highest BCUT2D eigenvalue weighted by molar-refractivity contribution is 6.17. The predicted octanol–water partition coefficient (Wildman–Crippen LogP) is 2.76. The smallest absolute Gasteiger partial charge is 0.221 e. The zero-order valence-electron chi connectivity index (χ0n) is 9.72. The molecule has 2 heterocycles. The number of pyridine rings is 2. The minimum absolute atomic E-state index is 0.353. The first-order chi connectivity index (χ1) is 8.78. The van der Waals surface area contributed by atoms with Crippen LogP contribution in [0.3, 0.4) is 0 Å². The van der Waals surface area contributed by atoms with E-state index >= 15 is 0 Å². The highest BCUT2D eigenvalue weighted by Crippen LogP contribution is 2.29. The lowest BCUT2D eigenvalue weighted by atomic mass is 10.1. The molecule has 2 aromatic rings. The van der Waals surface area contributed by atoms with Gasteiger partial charge in [0.2, 0.25) is 5.88 Å². The van der Waals surface area contributed by atoms with E-state index in [0.717, 1.165) is 16.7 Å². The maximum absolute atomic E-state index is 8.86. The topological polar surface area (TPSA) is 58.8 Å². The maximum atomic E-state index is 8.86. The number of nitriles is 1. The number of ether oxygens (including phenoxy) is 1. The van der Waals surface area contributed by atoms with Crippen molar-refractivity contribution in [3.8, 4) is 23.1 Å². The Labute approximate surface area is 110 Å². The lowest BCUT2D eigenvalue weighted by Crippen LogP contribution is -1.94. The molecule has 18 heavy (non-hydrogen) atoms. The van der Waals surface area contributed by atoms with Gasteiger partial charge in [0.25, 0.3) is 0 Å². The van der Waals surface area contributed by atoms with E-state index in [1.165, 1.54) is 0 Å². The van der Waals surface area contributed by atoms with Gasteiger partial charge in [0.05, 0.1) is 7.11 Å². The number of hydrogen-bond acceptors (Lipinski definition) is 4. The summed E-state index contributed by atoms with van der Waals surface area (Å²) in [6, 6.07) is 7.40. The van der Waals surface area contributed by atoms with Gasteiger partial charge in [-0.3, -0.25) is 0 Å². The third-order valence-corrected chi connectivity index (χ3v) is 2.75. The first-order valence-corrected chi connectivity index (χ1v) is 5.77. The van der Waals surface area contributed by atoms with Gasteiger partial charge in [-0.25, -0.2) is 9.97 Å². The SMILES string of the molecule is COc1ncc(CCl)cc1-c1ccnc(C#N)c1. The van der Waals surface area contributed by atoms with Gasteiger partial charge in [-0.2, -0.15) is 5.26 Å². The fourth-order valence-electron chi connectivity index (χ4n) is 1.60. The summed E-state index contributed by atoms with van der Waals surface area (Å²) in [4.78, 5) is 8.12. The molecule has 0 aliphatic heterocycles. The van der Waals surface area contributed by atoms with Crippen molar-refractivity contribution in [3.63, 3.8) is 0 Å². The van der Waals surface area contributed by atoms with Gasteiger partial charge in [0.1, 0.15) is 11.8 Å². The minimum Gasteiger partial charge on any atom is -0.481 e. The zero-order chi connectivity index (χ0) is 13.0. The highest BCUT2D eigenvalue weighted by atomic mass is 35.5. The largest absolute Gasteiger partial charge is 0.481 e. The van der Waals surface area contributed by atoms with Gasteiger partial charge in [0.15, 0.2) is 0 Å². The molecule has 0 aliphatic carbocycles. The molecule has 90 valence electrons. The normalized spacial score (nSPS) is 9.83. The molecule has 0 unspecified atom stereocenters. The van der Waals surface area contributed by atoms with Crippen molar-refractivity contribution in [2.24, 2.45) is 0 Å². The Morgan fingerprint density at radius 3 is 2.89 bits per heavy atom. The number of halogens is 1. The standard InChI is InChI=1S/C13H10ClN3O/c1-18-13-12(4-9(6-14)8-17-13)10-2-3-16-11(5-10)7-15/h2-5,8H,6H2,1H3. The number of methoxy groups -OCH3 is 1. The van der Waals surface area contributed by atoms with Crippen LogP contribution in [0.25, 0.3) is 11.1 Å². The van der Waals surface area contributed by atoms with Gasteiger partial charge in [0, 0.05) is 23.8 Å². The van der Waals surface area contributed by atoms with E-state index < -0.39 is 0 Å². The predicted molar refractivity (Wildman–Crippen MR) is 68.3 cm³/mol. The second kappa shape index (κ2) is 5.48. The summed E-state index contributed by atoms with van der Waals surface area (Å²) in [5.41, 5.74) is 2.88. The van der Waals surface area contributed by atoms with Gasteiger partial charge < -0.3 is 4.74 Å². The Morgan fingerprint density at radius 2 is 2.22 bits per heavy atom. The molecule has 2 rings (SSSR count). The van der Waals surface area contributed by atoms with E-state index in [-0.39, 0.29) is 0 Å². The number of hydrogen-bond donors (Lipinski definition) is 0. The first kappa shape index (κ1) is 12.3. The Kier molecular flexibility index (Phi) is 3.75. The van der Waals surface area contributed by atoms with E-state index in [4.69, 9.17) is 21.6 Å². The highest BCUT2D eigenvalue weighted by Gasteiger charge is 2.09. The van der Waals surface area contributed by atoms with Crippen molar-refractivity contribution < 1.29 is 4.74 Å². The van der Waals surface area contributed by atoms with Crippen molar-refractivity contribution in [2.75, 3.05) is 7.11 Å². The molecule has 4 nitrogen and oxygen atoms in total. The molecule has 0 saturated carbocycles. The van der Waals surface area contributed by atoms with Crippen LogP contribution in [-0.2, 0) is 5.88 Å². The molecule has 0 saturated heterocycles. The quantitative estimate of drug-likeness (QED) is 0.796. The molecule has 0 aromatic carbocycles. The summed E-state index contributed by atoms with van der Waals surface area (Å²) in [7, 11) is 1.55. The molecular formula is C13H10ClN3O. The lowest BCUT2D eigenvalue weighted by molar-refractivity contribution is 0.399. The molecule has 0 bridgehead atoms. The molecule has 0 atom stereocenters. The molecular weight excluding hydrogens is 250 g/mol. The number of rotatable bonds is 3. The van der Waals surface area contributed by atoms with Crippen LogP contribution >= 0.6 is 11.6 Å². The molecule has 0 aliphatic rings. The summed E-state index contributed by atoms with van der Waals surface area (Å²) in [6.07, 6.45) is 3.25. The molecule has 2 aromatic heterocycles. The van der Waals surface area contributed by atoms with E-state index in [9.17, 15) is 0 Å². The molecule has 0 fully saturated rings. The van der Waals surface area contributed by atoms with Crippen molar-refractivity contribution in [3.05, 3.63) is 41.9 Å².